The maximum absolute atomic E-state index is 14.0. The first-order valence-electron chi connectivity index (χ1n) is 9.49. The van der Waals surface area contributed by atoms with E-state index in [9.17, 15) is 14.0 Å². The van der Waals surface area contributed by atoms with Gasteiger partial charge in [-0.2, -0.15) is 0 Å². The second-order valence-electron chi connectivity index (χ2n) is 7.56. The Labute approximate surface area is 213 Å². The average molecular weight is 547 g/mol. The van der Waals surface area contributed by atoms with Crippen molar-refractivity contribution < 1.29 is 14.0 Å². The molecule has 4 rings (SSSR count). The van der Waals surface area contributed by atoms with E-state index in [1.54, 1.807) is 12.1 Å². The summed E-state index contributed by atoms with van der Waals surface area (Å²) in [6, 6.07) is 14.6. The number of rotatable bonds is 5. The molecule has 0 spiro atoms. The summed E-state index contributed by atoms with van der Waals surface area (Å²) in [5.41, 5.74) is 5.02. The van der Waals surface area contributed by atoms with Gasteiger partial charge in [-0.15, -0.1) is 0 Å². The fourth-order valence-corrected chi connectivity index (χ4v) is 5.92. The zero-order valence-corrected chi connectivity index (χ0v) is 20.3. The Balaban J connectivity index is 1.78. The molecule has 1 fully saturated rings. The first kappa shape index (κ1) is 24.1. The van der Waals surface area contributed by atoms with Crippen molar-refractivity contribution in [3.63, 3.8) is 0 Å². The monoisotopic (exact) mass is 544 g/mol. The molecule has 10 heteroatoms. The SMILES string of the molecule is NC(=O)C1(c2ccc(Cl)c(NC(=O)c3ccccc3F)c2)C(c2cc(Cl)cc(Cl)c2)C1(Cl)Cl. The van der Waals surface area contributed by atoms with E-state index in [0.717, 1.165) is 6.07 Å². The molecule has 170 valence electrons. The Bertz CT molecular complexity index is 1280. The van der Waals surface area contributed by atoms with Gasteiger partial charge in [-0.05, 0) is 53.6 Å². The molecule has 0 bridgehead atoms. The molecule has 0 heterocycles. The van der Waals surface area contributed by atoms with Crippen molar-refractivity contribution in [3.05, 3.63) is 98.2 Å². The van der Waals surface area contributed by atoms with E-state index in [-0.39, 0.29) is 16.3 Å². The molecule has 2 amide bonds. The standard InChI is InChI=1S/C23H14Cl5FN2O2/c24-13-7-11(8-14(25)10-13)19-22(21(30)33,23(19,27)28)12-5-6-16(26)18(9-12)31-20(32)15-3-1-2-4-17(15)29/h1-10,19H,(H2,30,33)(H,31,32). The topological polar surface area (TPSA) is 72.2 Å². The van der Waals surface area contributed by atoms with E-state index in [4.69, 9.17) is 63.7 Å². The Morgan fingerprint density at radius 3 is 2.18 bits per heavy atom. The van der Waals surface area contributed by atoms with Gasteiger partial charge in [-0.25, -0.2) is 4.39 Å². The van der Waals surface area contributed by atoms with Crippen LogP contribution in [0.2, 0.25) is 15.1 Å². The first-order valence-corrected chi connectivity index (χ1v) is 11.4. The van der Waals surface area contributed by atoms with Crippen LogP contribution in [0, 0.1) is 5.82 Å². The highest BCUT2D eigenvalue weighted by atomic mass is 35.5. The number of primary amides is 1. The maximum Gasteiger partial charge on any atom is 0.258 e. The second-order valence-corrected chi connectivity index (χ2v) is 10.2. The molecular weight excluding hydrogens is 533 g/mol. The smallest absolute Gasteiger partial charge is 0.258 e. The van der Waals surface area contributed by atoms with Crippen molar-refractivity contribution in [2.24, 2.45) is 5.73 Å². The van der Waals surface area contributed by atoms with Crippen LogP contribution in [0.15, 0.2) is 60.7 Å². The van der Waals surface area contributed by atoms with Gasteiger partial charge in [0, 0.05) is 16.0 Å². The van der Waals surface area contributed by atoms with Crippen molar-refractivity contribution in [2.45, 2.75) is 15.7 Å². The van der Waals surface area contributed by atoms with E-state index in [2.05, 4.69) is 5.32 Å². The normalized spacial score (nSPS) is 20.8. The predicted molar refractivity (Wildman–Crippen MR) is 130 cm³/mol. The zero-order valence-electron chi connectivity index (χ0n) is 16.5. The molecule has 2 unspecified atom stereocenters. The fraction of sp³-hybridized carbons (Fsp3) is 0.130. The number of anilines is 1. The summed E-state index contributed by atoms with van der Waals surface area (Å²) >= 11 is 31.8. The van der Waals surface area contributed by atoms with Crippen LogP contribution in [0.3, 0.4) is 0 Å². The molecule has 2 atom stereocenters. The molecule has 1 aliphatic carbocycles. The van der Waals surface area contributed by atoms with Crippen LogP contribution in [0.4, 0.5) is 10.1 Å². The summed E-state index contributed by atoms with van der Waals surface area (Å²) < 4.78 is 12.4. The molecular formula is C23H14Cl5FN2O2. The Hall–Kier alpha value is -2.02. The quantitative estimate of drug-likeness (QED) is 0.348. The molecule has 0 aliphatic heterocycles. The number of benzene rings is 3. The number of carbonyl (C=O) groups excluding carboxylic acids is 2. The molecule has 1 aliphatic rings. The van der Waals surface area contributed by atoms with Crippen LogP contribution in [-0.4, -0.2) is 16.1 Å². The van der Waals surface area contributed by atoms with Gasteiger partial charge in [0.2, 0.25) is 5.91 Å². The third-order valence-corrected chi connectivity index (χ3v) is 7.43. The van der Waals surface area contributed by atoms with Crippen molar-refractivity contribution >= 4 is 75.5 Å². The molecule has 4 nitrogen and oxygen atoms in total. The lowest BCUT2D eigenvalue weighted by Crippen LogP contribution is -2.34. The number of amides is 2. The minimum atomic E-state index is -1.63. The second kappa shape index (κ2) is 8.64. The largest absolute Gasteiger partial charge is 0.369 e. The summed E-state index contributed by atoms with van der Waals surface area (Å²) in [5.74, 6) is -2.99. The van der Waals surface area contributed by atoms with E-state index in [0.29, 0.717) is 21.2 Å². The molecule has 0 aromatic heterocycles. The molecule has 3 aromatic rings. The highest BCUT2D eigenvalue weighted by Gasteiger charge is 2.80. The number of nitrogens with one attached hydrogen (secondary N) is 1. The Morgan fingerprint density at radius 1 is 0.939 bits per heavy atom. The molecule has 1 saturated carbocycles. The Kier molecular flexibility index (Phi) is 6.31. The van der Waals surface area contributed by atoms with Crippen molar-refractivity contribution in [1.29, 1.82) is 0 Å². The maximum atomic E-state index is 14.0. The average Bonchev–Trinajstić information content (AvgIpc) is 3.26. The van der Waals surface area contributed by atoms with Crippen molar-refractivity contribution in [2.75, 3.05) is 5.32 Å². The van der Waals surface area contributed by atoms with E-state index in [1.807, 2.05) is 0 Å². The van der Waals surface area contributed by atoms with Crippen molar-refractivity contribution in [1.82, 2.24) is 0 Å². The van der Waals surface area contributed by atoms with Crippen molar-refractivity contribution in [3.8, 4) is 0 Å². The molecule has 3 aromatic carbocycles. The van der Waals surface area contributed by atoms with E-state index >= 15 is 0 Å². The van der Waals surface area contributed by atoms with Gasteiger partial charge in [0.1, 0.15) is 15.6 Å². The lowest BCUT2D eigenvalue weighted by molar-refractivity contribution is -0.120. The van der Waals surface area contributed by atoms with E-state index in [1.165, 1.54) is 42.5 Å². The van der Waals surface area contributed by atoms with Gasteiger partial charge in [0.25, 0.3) is 5.91 Å². The number of hydrogen-bond donors (Lipinski definition) is 2. The summed E-state index contributed by atoms with van der Waals surface area (Å²) in [4.78, 5) is 25.4. The molecule has 33 heavy (non-hydrogen) atoms. The van der Waals surface area contributed by atoms with Gasteiger partial charge in [0.05, 0.1) is 16.3 Å². The van der Waals surface area contributed by atoms with Crippen LogP contribution in [-0.2, 0) is 10.2 Å². The van der Waals surface area contributed by atoms with Crippen LogP contribution in [0.5, 0.6) is 0 Å². The first-order chi connectivity index (χ1) is 15.5. The summed E-state index contributed by atoms with van der Waals surface area (Å²) in [5, 5.41) is 3.38. The number of carbonyl (C=O) groups is 2. The van der Waals surface area contributed by atoms with Crippen LogP contribution >= 0.6 is 58.0 Å². The van der Waals surface area contributed by atoms with Gasteiger partial charge in [-0.3, -0.25) is 9.59 Å². The predicted octanol–water partition coefficient (Wildman–Crippen LogP) is 6.73. The van der Waals surface area contributed by atoms with Gasteiger partial charge >= 0.3 is 0 Å². The van der Waals surface area contributed by atoms with Crippen LogP contribution < -0.4 is 11.1 Å². The summed E-state index contributed by atoms with van der Waals surface area (Å²) in [7, 11) is 0. The molecule has 0 saturated heterocycles. The highest BCUT2D eigenvalue weighted by Crippen LogP contribution is 2.74. The zero-order chi connectivity index (χ0) is 24.1. The molecule has 3 N–H and O–H groups in total. The number of alkyl halides is 2. The fourth-order valence-electron chi connectivity index (χ4n) is 4.11. The van der Waals surface area contributed by atoms with Crippen LogP contribution in [0.1, 0.15) is 27.4 Å². The number of hydrogen-bond acceptors (Lipinski definition) is 2. The van der Waals surface area contributed by atoms with E-state index < -0.39 is 33.3 Å². The van der Waals surface area contributed by atoms with Gasteiger partial charge in [0.15, 0.2) is 0 Å². The minimum Gasteiger partial charge on any atom is -0.369 e. The van der Waals surface area contributed by atoms with Crippen LogP contribution in [0.25, 0.3) is 0 Å². The van der Waals surface area contributed by atoms with Gasteiger partial charge in [-0.1, -0.05) is 76.2 Å². The highest BCUT2D eigenvalue weighted by molar-refractivity contribution is 6.55. The molecule has 0 radical (unpaired) electrons. The summed E-state index contributed by atoms with van der Waals surface area (Å²) in [6.45, 7) is 0. The van der Waals surface area contributed by atoms with Gasteiger partial charge < -0.3 is 11.1 Å². The third-order valence-electron chi connectivity index (χ3n) is 5.63. The summed E-state index contributed by atoms with van der Waals surface area (Å²) in [6.07, 6.45) is 0. The Morgan fingerprint density at radius 2 is 1.58 bits per heavy atom. The number of nitrogens with two attached hydrogens (primary N) is 1. The minimum absolute atomic E-state index is 0.127. The lowest BCUT2D eigenvalue weighted by Gasteiger charge is -2.18. The lowest BCUT2D eigenvalue weighted by atomic mass is 9.89. The third kappa shape index (κ3) is 3.96. The number of halogens is 6.